The third kappa shape index (κ3) is 2.21. The molecule has 2 aliphatic heterocycles. The van der Waals surface area contributed by atoms with Gasteiger partial charge in [0.1, 0.15) is 5.60 Å². The zero-order valence-electron chi connectivity index (χ0n) is 10.2. The average molecular weight is 237 g/mol. The Bertz CT molecular complexity index is 381. The fourth-order valence-corrected chi connectivity index (χ4v) is 2.40. The van der Waals surface area contributed by atoms with Gasteiger partial charge in [0, 0.05) is 13.0 Å². The maximum Gasteiger partial charge on any atom is 0.227 e. The van der Waals surface area contributed by atoms with Crippen LogP contribution in [0.25, 0.3) is 0 Å². The van der Waals surface area contributed by atoms with E-state index in [9.17, 15) is 0 Å². The summed E-state index contributed by atoms with van der Waals surface area (Å²) in [7, 11) is 0. The molecule has 0 aromatic carbocycles. The smallest absolute Gasteiger partial charge is 0.227 e. The molecule has 94 valence electrons. The lowest BCUT2D eigenvalue weighted by Crippen LogP contribution is -2.43. The van der Waals surface area contributed by atoms with Crippen LogP contribution in [0.4, 0.5) is 0 Å². The highest BCUT2D eigenvalue weighted by Crippen LogP contribution is 2.32. The SMILES string of the molecule is CC1(c2noc(CC3CNC3)n2)CCCCO1. The number of hydrogen-bond acceptors (Lipinski definition) is 5. The first-order valence-corrected chi connectivity index (χ1v) is 6.44. The second-order valence-electron chi connectivity index (χ2n) is 5.28. The van der Waals surface area contributed by atoms with Crippen molar-refractivity contribution in [2.24, 2.45) is 5.92 Å². The van der Waals surface area contributed by atoms with Crippen molar-refractivity contribution in [3.63, 3.8) is 0 Å². The van der Waals surface area contributed by atoms with E-state index in [0.717, 1.165) is 50.7 Å². The van der Waals surface area contributed by atoms with Crippen molar-refractivity contribution >= 4 is 0 Å². The van der Waals surface area contributed by atoms with Crippen LogP contribution in [-0.2, 0) is 16.8 Å². The fourth-order valence-electron chi connectivity index (χ4n) is 2.40. The zero-order chi connectivity index (χ0) is 11.7. The molecule has 2 aliphatic rings. The number of ether oxygens (including phenoxy) is 1. The highest BCUT2D eigenvalue weighted by Gasteiger charge is 2.35. The lowest BCUT2D eigenvalue weighted by molar-refractivity contribution is -0.0770. The minimum absolute atomic E-state index is 0.335. The van der Waals surface area contributed by atoms with Crippen LogP contribution in [0.15, 0.2) is 4.52 Å². The van der Waals surface area contributed by atoms with E-state index >= 15 is 0 Å². The van der Waals surface area contributed by atoms with Gasteiger partial charge in [-0.25, -0.2) is 0 Å². The average Bonchev–Trinajstić information content (AvgIpc) is 2.74. The summed E-state index contributed by atoms with van der Waals surface area (Å²) < 4.78 is 11.1. The Kier molecular flexibility index (Phi) is 2.88. The lowest BCUT2D eigenvalue weighted by atomic mass is 9.95. The van der Waals surface area contributed by atoms with Crippen LogP contribution in [0.3, 0.4) is 0 Å². The predicted octanol–water partition coefficient (Wildman–Crippen LogP) is 1.25. The van der Waals surface area contributed by atoms with Crippen molar-refractivity contribution in [3.8, 4) is 0 Å². The molecule has 1 N–H and O–H groups in total. The summed E-state index contributed by atoms with van der Waals surface area (Å²) in [5, 5.41) is 7.34. The highest BCUT2D eigenvalue weighted by atomic mass is 16.5. The molecule has 3 rings (SSSR count). The van der Waals surface area contributed by atoms with Gasteiger partial charge in [-0.1, -0.05) is 5.16 Å². The van der Waals surface area contributed by atoms with Gasteiger partial charge in [-0.3, -0.25) is 0 Å². The molecule has 2 fully saturated rings. The molecule has 0 bridgehead atoms. The number of rotatable bonds is 3. The highest BCUT2D eigenvalue weighted by molar-refractivity contribution is 5.01. The number of aromatic nitrogens is 2. The molecular weight excluding hydrogens is 218 g/mol. The summed E-state index contributed by atoms with van der Waals surface area (Å²) in [6, 6.07) is 0. The van der Waals surface area contributed by atoms with Crippen molar-refractivity contribution in [1.29, 1.82) is 0 Å². The van der Waals surface area contributed by atoms with Crippen LogP contribution in [0.2, 0.25) is 0 Å². The molecule has 0 radical (unpaired) electrons. The molecule has 3 heterocycles. The Hall–Kier alpha value is -0.940. The predicted molar refractivity (Wildman–Crippen MR) is 61.5 cm³/mol. The summed E-state index contributed by atoms with van der Waals surface area (Å²) in [5.41, 5.74) is -0.335. The Morgan fingerprint density at radius 1 is 1.41 bits per heavy atom. The standard InChI is InChI=1S/C12H19N3O2/c1-12(4-2-3-5-16-12)11-14-10(17-15-11)6-9-7-13-8-9/h9,13H,2-8H2,1H3. The van der Waals surface area contributed by atoms with Gasteiger partial charge in [-0.15, -0.1) is 0 Å². The van der Waals surface area contributed by atoms with Crippen molar-refractivity contribution in [3.05, 3.63) is 11.7 Å². The Morgan fingerprint density at radius 2 is 2.29 bits per heavy atom. The zero-order valence-corrected chi connectivity index (χ0v) is 10.2. The van der Waals surface area contributed by atoms with E-state index in [1.54, 1.807) is 0 Å². The van der Waals surface area contributed by atoms with Gasteiger partial charge in [0.15, 0.2) is 0 Å². The maximum absolute atomic E-state index is 5.81. The summed E-state index contributed by atoms with van der Waals surface area (Å²) in [6.07, 6.45) is 4.17. The third-order valence-electron chi connectivity index (χ3n) is 3.74. The van der Waals surface area contributed by atoms with Gasteiger partial charge < -0.3 is 14.6 Å². The Morgan fingerprint density at radius 3 is 2.94 bits per heavy atom. The fraction of sp³-hybridized carbons (Fsp3) is 0.833. The van der Waals surface area contributed by atoms with Gasteiger partial charge in [-0.2, -0.15) is 4.98 Å². The van der Waals surface area contributed by atoms with Crippen LogP contribution in [0.5, 0.6) is 0 Å². The molecule has 1 aromatic rings. The minimum atomic E-state index is -0.335. The summed E-state index contributed by atoms with van der Waals surface area (Å²) in [5.74, 6) is 2.13. The van der Waals surface area contributed by atoms with E-state index in [1.165, 1.54) is 6.42 Å². The van der Waals surface area contributed by atoms with Crippen molar-refractivity contribution in [1.82, 2.24) is 15.5 Å². The van der Waals surface area contributed by atoms with Gasteiger partial charge in [-0.05, 0) is 45.2 Å². The third-order valence-corrected chi connectivity index (χ3v) is 3.74. The molecule has 1 unspecified atom stereocenters. The Labute approximate surface area is 101 Å². The first-order valence-electron chi connectivity index (χ1n) is 6.44. The molecule has 0 spiro atoms. The van der Waals surface area contributed by atoms with Crippen LogP contribution >= 0.6 is 0 Å². The van der Waals surface area contributed by atoms with Crippen molar-refractivity contribution in [2.45, 2.75) is 38.2 Å². The van der Waals surface area contributed by atoms with E-state index in [4.69, 9.17) is 9.26 Å². The van der Waals surface area contributed by atoms with E-state index in [0.29, 0.717) is 5.92 Å². The molecular formula is C12H19N3O2. The second kappa shape index (κ2) is 4.38. The first-order chi connectivity index (χ1) is 8.26. The summed E-state index contributed by atoms with van der Waals surface area (Å²) >= 11 is 0. The van der Waals surface area contributed by atoms with E-state index < -0.39 is 0 Å². The van der Waals surface area contributed by atoms with Gasteiger partial charge in [0.2, 0.25) is 11.7 Å². The van der Waals surface area contributed by atoms with E-state index in [-0.39, 0.29) is 5.60 Å². The second-order valence-corrected chi connectivity index (χ2v) is 5.28. The molecule has 1 atom stereocenters. The van der Waals surface area contributed by atoms with Gasteiger partial charge in [0.05, 0.1) is 0 Å². The van der Waals surface area contributed by atoms with E-state index in [1.807, 2.05) is 0 Å². The monoisotopic (exact) mass is 237 g/mol. The molecule has 0 aliphatic carbocycles. The Balaban J connectivity index is 1.69. The summed E-state index contributed by atoms with van der Waals surface area (Å²) in [6.45, 7) is 4.98. The maximum atomic E-state index is 5.81. The molecule has 1 aromatic heterocycles. The summed E-state index contributed by atoms with van der Waals surface area (Å²) in [4.78, 5) is 4.50. The molecule has 0 saturated carbocycles. The minimum Gasteiger partial charge on any atom is -0.367 e. The van der Waals surface area contributed by atoms with Gasteiger partial charge >= 0.3 is 0 Å². The molecule has 5 nitrogen and oxygen atoms in total. The quantitative estimate of drug-likeness (QED) is 0.857. The lowest BCUT2D eigenvalue weighted by Gasteiger charge is -2.30. The topological polar surface area (TPSA) is 60.2 Å². The van der Waals surface area contributed by atoms with Crippen LogP contribution in [-0.4, -0.2) is 29.8 Å². The van der Waals surface area contributed by atoms with Crippen LogP contribution < -0.4 is 5.32 Å². The molecule has 2 saturated heterocycles. The normalized spacial score (nSPS) is 30.2. The van der Waals surface area contributed by atoms with Gasteiger partial charge in [0.25, 0.3) is 0 Å². The van der Waals surface area contributed by atoms with Crippen molar-refractivity contribution in [2.75, 3.05) is 19.7 Å². The molecule has 17 heavy (non-hydrogen) atoms. The van der Waals surface area contributed by atoms with Crippen LogP contribution in [0, 0.1) is 5.92 Å². The number of nitrogens with one attached hydrogen (secondary N) is 1. The van der Waals surface area contributed by atoms with Crippen molar-refractivity contribution < 1.29 is 9.26 Å². The first kappa shape index (κ1) is 11.2. The molecule has 5 heteroatoms. The molecule has 0 amide bonds. The van der Waals surface area contributed by atoms with E-state index in [2.05, 4.69) is 22.4 Å². The van der Waals surface area contributed by atoms with Crippen LogP contribution in [0.1, 0.15) is 37.9 Å². The largest absolute Gasteiger partial charge is 0.367 e. The number of nitrogens with zero attached hydrogens (tertiary/aromatic N) is 2. The number of hydrogen-bond donors (Lipinski definition) is 1.